The summed E-state index contributed by atoms with van der Waals surface area (Å²) in [6.07, 6.45) is 0.188. The van der Waals surface area contributed by atoms with Gasteiger partial charge in [-0.3, -0.25) is 4.79 Å². The van der Waals surface area contributed by atoms with E-state index < -0.39 is 11.8 Å². The molecule has 6 nitrogen and oxygen atoms in total. The van der Waals surface area contributed by atoms with Gasteiger partial charge in [0.05, 0.1) is 13.2 Å². The zero-order chi connectivity index (χ0) is 12.6. The second-order valence-electron chi connectivity index (χ2n) is 4.88. The minimum atomic E-state index is -0.843. The first kappa shape index (κ1) is 12.3. The number of imide groups is 1. The summed E-state index contributed by atoms with van der Waals surface area (Å²) >= 11 is 0. The summed E-state index contributed by atoms with van der Waals surface area (Å²) in [5.41, 5.74) is -0.843. The average Bonchev–Trinajstić information content (AvgIpc) is 3.02. The van der Waals surface area contributed by atoms with Crippen LogP contribution in [0.5, 0.6) is 0 Å². The molecule has 1 N–H and O–H groups in total. The van der Waals surface area contributed by atoms with Gasteiger partial charge in [-0.1, -0.05) is 6.92 Å². The normalized spacial score (nSPS) is 28.2. The van der Waals surface area contributed by atoms with Gasteiger partial charge in [0.2, 0.25) is 0 Å². The zero-order valence-corrected chi connectivity index (χ0v) is 10.4. The van der Waals surface area contributed by atoms with Crippen LogP contribution >= 0.6 is 0 Å². The van der Waals surface area contributed by atoms with Crippen LogP contribution in [-0.2, 0) is 14.3 Å². The minimum absolute atomic E-state index is 0.123. The Bertz CT molecular complexity index is 338. The van der Waals surface area contributed by atoms with E-state index in [1.807, 2.05) is 6.92 Å². The topological polar surface area (TPSA) is 71.2 Å². The van der Waals surface area contributed by atoms with E-state index in [2.05, 4.69) is 5.32 Å². The molecule has 0 aromatic rings. The van der Waals surface area contributed by atoms with Crippen LogP contribution in [0.25, 0.3) is 0 Å². The lowest BCUT2D eigenvalue weighted by Gasteiger charge is -2.24. The molecule has 2 rings (SSSR count). The molecule has 0 bridgehead atoms. The monoisotopic (exact) mass is 242 g/mol. The van der Waals surface area contributed by atoms with Crippen molar-refractivity contribution >= 4 is 11.9 Å². The molecule has 0 aliphatic carbocycles. The van der Waals surface area contributed by atoms with E-state index in [9.17, 15) is 9.59 Å². The van der Waals surface area contributed by atoms with E-state index in [0.717, 1.165) is 0 Å². The van der Waals surface area contributed by atoms with Crippen LogP contribution < -0.4 is 5.32 Å². The van der Waals surface area contributed by atoms with Crippen LogP contribution in [0.1, 0.15) is 27.2 Å². The molecule has 2 heterocycles. The van der Waals surface area contributed by atoms with Crippen molar-refractivity contribution in [3.8, 4) is 0 Å². The van der Waals surface area contributed by atoms with Crippen LogP contribution in [-0.4, -0.2) is 47.9 Å². The van der Waals surface area contributed by atoms with Crippen LogP contribution in [0, 0.1) is 0 Å². The number of carbonyl (C=O) groups excluding carboxylic acids is 2. The summed E-state index contributed by atoms with van der Waals surface area (Å²) < 4.78 is 10.6. The molecule has 0 radical (unpaired) electrons. The molecular weight excluding hydrogens is 224 g/mol. The number of hydrogen-bond donors (Lipinski definition) is 1. The maximum absolute atomic E-state index is 12.0. The number of nitrogens with zero attached hydrogens (tertiary/aromatic N) is 1. The van der Waals surface area contributed by atoms with Gasteiger partial charge >= 0.3 is 6.03 Å². The quantitative estimate of drug-likeness (QED) is 0.562. The van der Waals surface area contributed by atoms with Gasteiger partial charge in [0, 0.05) is 0 Å². The summed E-state index contributed by atoms with van der Waals surface area (Å²) in [6, 6.07) is -0.386. The van der Waals surface area contributed by atoms with E-state index in [1.54, 1.807) is 13.8 Å². The second kappa shape index (κ2) is 4.27. The predicted molar refractivity (Wildman–Crippen MR) is 59.2 cm³/mol. The highest BCUT2D eigenvalue weighted by Crippen LogP contribution is 2.22. The van der Waals surface area contributed by atoms with Crippen molar-refractivity contribution < 1.29 is 19.1 Å². The largest absolute Gasteiger partial charge is 0.371 e. The van der Waals surface area contributed by atoms with E-state index in [1.165, 1.54) is 4.90 Å². The van der Waals surface area contributed by atoms with Crippen LogP contribution in [0.4, 0.5) is 4.79 Å². The van der Waals surface area contributed by atoms with Gasteiger partial charge < -0.3 is 14.8 Å². The summed E-state index contributed by atoms with van der Waals surface area (Å²) in [5.74, 6) is -0.244. The lowest BCUT2D eigenvalue weighted by atomic mass is 10.1. The molecule has 0 aromatic carbocycles. The van der Waals surface area contributed by atoms with Gasteiger partial charge in [0.25, 0.3) is 5.91 Å². The third-order valence-electron chi connectivity index (χ3n) is 2.91. The van der Waals surface area contributed by atoms with E-state index >= 15 is 0 Å². The van der Waals surface area contributed by atoms with E-state index in [4.69, 9.17) is 9.47 Å². The molecule has 2 unspecified atom stereocenters. The van der Waals surface area contributed by atoms with Gasteiger partial charge in [0.1, 0.15) is 17.9 Å². The molecular formula is C11H18N2O4. The first-order valence-electron chi connectivity index (χ1n) is 5.84. The fraction of sp³-hybridized carbons (Fsp3) is 0.818. The van der Waals surface area contributed by atoms with Gasteiger partial charge in [-0.25, -0.2) is 9.69 Å². The summed E-state index contributed by atoms with van der Waals surface area (Å²) in [4.78, 5) is 24.9. The standard InChI is InChI=1S/C11H18N2O4/c1-4-8(17-6-7-5-16-7)13-9(14)11(2,3)12-10(13)15/h7-8H,4-6H2,1-3H3,(H,12,15). The molecule has 2 aliphatic heterocycles. The molecule has 0 saturated carbocycles. The zero-order valence-electron chi connectivity index (χ0n) is 10.4. The number of hydrogen-bond acceptors (Lipinski definition) is 4. The Kier molecular flexibility index (Phi) is 3.09. The number of amides is 3. The molecule has 2 saturated heterocycles. The van der Waals surface area contributed by atoms with Crippen LogP contribution in [0.3, 0.4) is 0 Å². The molecule has 96 valence electrons. The third-order valence-corrected chi connectivity index (χ3v) is 2.91. The smallest absolute Gasteiger partial charge is 0.327 e. The Hall–Kier alpha value is -1.14. The summed E-state index contributed by atoms with van der Waals surface area (Å²) in [7, 11) is 0. The Morgan fingerprint density at radius 1 is 1.59 bits per heavy atom. The van der Waals surface area contributed by atoms with Gasteiger partial charge in [0.15, 0.2) is 0 Å². The second-order valence-corrected chi connectivity index (χ2v) is 4.88. The van der Waals surface area contributed by atoms with Crippen molar-refractivity contribution in [3.63, 3.8) is 0 Å². The first-order valence-corrected chi connectivity index (χ1v) is 5.84. The number of rotatable bonds is 5. The molecule has 3 amide bonds. The molecule has 2 atom stereocenters. The predicted octanol–water partition coefficient (Wildman–Crippen LogP) is 0.468. The fourth-order valence-electron chi connectivity index (χ4n) is 1.79. The Balaban J connectivity index is 2.02. The van der Waals surface area contributed by atoms with E-state index in [-0.39, 0.29) is 18.0 Å². The maximum Gasteiger partial charge on any atom is 0.327 e. The highest BCUT2D eigenvalue weighted by Gasteiger charge is 2.47. The van der Waals surface area contributed by atoms with E-state index in [0.29, 0.717) is 19.6 Å². The lowest BCUT2D eigenvalue weighted by Crippen LogP contribution is -2.44. The van der Waals surface area contributed by atoms with Crippen molar-refractivity contribution in [2.75, 3.05) is 13.2 Å². The Morgan fingerprint density at radius 2 is 2.24 bits per heavy atom. The van der Waals surface area contributed by atoms with Crippen molar-refractivity contribution in [3.05, 3.63) is 0 Å². The van der Waals surface area contributed by atoms with Crippen LogP contribution in [0.2, 0.25) is 0 Å². The highest BCUT2D eigenvalue weighted by molar-refractivity contribution is 6.06. The SMILES string of the molecule is CCC(OCC1CO1)N1C(=O)NC(C)(C)C1=O. The third kappa shape index (κ3) is 2.42. The van der Waals surface area contributed by atoms with Crippen molar-refractivity contribution in [2.24, 2.45) is 0 Å². The molecule has 0 spiro atoms. The van der Waals surface area contributed by atoms with Crippen molar-refractivity contribution in [1.29, 1.82) is 0 Å². The highest BCUT2D eigenvalue weighted by atomic mass is 16.6. The maximum atomic E-state index is 12.0. The fourth-order valence-corrected chi connectivity index (χ4v) is 1.79. The summed E-state index contributed by atoms with van der Waals surface area (Å²) in [6.45, 7) is 6.37. The first-order chi connectivity index (χ1) is 7.95. The molecule has 17 heavy (non-hydrogen) atoms. The molecule has 0 aromatic heterocycles. The number of carbonyl (C=O) groups is 2. The average molecular weight is 242 g/mol. The van der Waals surface area contributed by atoms with Gasteiger partial charge in [-0.15, -0.1) is 0 Å². The number of urea groups is 1. The molecule has 6 heteroatoms. The van der Waals surface area contributed by atoms with Gasteiger partial charge in [-0.2, -0.15) is 0 Å². The minimum Gasteiger partial charge on any atom is -0.371 e. The number of ether oxygens (including phenoxy) is 2. The summed E-state index contributed by atoms with van der Waals surface area (Å²) in [5, 5.41) is 2.64. The van der Waals surface area contributed by atoms with Crippen molar-refractivity contribution in [2.45, 2.75) is 45.1 Å². The number of epoxide rings is 1. The van der Waals surface area contributed by atoms with Crippen LogP contribution in [0.15, 0.2) is 0 Å². The Labute approximate surface area is 100 Å². The molecule has 2 fully saturated rings. The Morgan fingerprint density at radius 3 is 2.65 bits per heavy atom. The van der Waals surface area contributed by atoms with Crippen molar-refractivity contribution in [1.82, 2.24) is 10.2 Å². The number of nitrogens with one attached hydrogen (secondary N) is 1. The van der Waals surface area contributed by atoms with Gasteiger partial charge in [-0.05, 0) is 20.3 Å². The molecule has 2 aliphatic rings. The lowest BCUT2D eigenvalue weighted by molar-refractivity contribution is -0.141.